The number of hydrogen-bond acceptors (Lipinski definition) is 8. The van der Waals surface area contributed by atoms with E-state index in [-0.39, 0.29) is 40.8 Å². The molecule has 0 spiro atoms. The van der Waals surface area contributed by atoms with Crippen molar-refractivity contribution >= 4 is 35.8 Å². The average Bonchev–Trinajstić information content (AvgIpc) is 3.43. The number of fused-ring (bicyclic) bond motifs is 3. The van der Waals surface area contributed by atoms with Crippen molar-refractivity contribution in [2.45, 2.75) is 44.1 Å². The Labute approximate surface area is 247 Å². The zero-order chi connectivity index (χ0) is 30.5. The van der Waals surface area contributed by atoms with Crippen molar-refractivity contribution < 1.29 is 36.2 Å². The average molecular weight is 617 g/mol. The van der Waals surface area contributed by atoms with E-state index in [2.05, 4.69) is 25.0 Å². The zero-order valence-electron chi connectivity index (χ0n) is 24.5. The molecule has 226 valence electrons. The van der Waals surface area contributed by atoms with Crippen molar-refractivity contribution in [3.63, 3.8) is 0 Å². The van der Waals surface area contributed by atoms with E-state index >= 15 is 0 Å². The number of furan rings is 1. The summed E-state index contributed by atoms with van der Waals surface area (Å²) >= 11 is 0. The van der Waals surface area contributed by atoms with Gasteiger partial charge in [0.2, 0.25) is 0 Å². The molecule has 1 N–H and O–H groups in total. The Kier molecular flexibility index (Phi) is 9.92. The van der Waals surface area contributed by atoms with Crippen LogP contribution in [0.15, 0.2) is 58.1 Å². The molecular weight excluding hydrogens is 579 g/mol. The molecule has 12 heteroatoms. The number of hydrogen-bond donors (Lipinski definition) is 1. The van der Waals surface area contributed by atoms with Gasteiger partial charge in [-0.05, 0) is 54.6 Å². The molecular formula is C30H37FN2O7SSi. The predicted octanol–water partition coefficient (Wildman–Crippen LogP) is 5.90. The number of esters is 1. The summed E-state index contributed by atoms with van der Waals surface area (Å²) in [7, 11) is -4.67. The first-order valence-electron chi connectivity index (χ1n) is 13.7. The number of nitrogens with zero attached hydrogens (tertiary/aromatic N) is 1. The van der Waals surface area contributed by atoms with E-state index in [0.717, 1.165) is 34.6 Å². The third-order valence-corrected chi connectivity index (χ3v) is 10.2. The van der Waals surface area contributed by atoms with E-state index < -0.39 is 29.9 Å². The number of methoxy groups -OCH3 is 1. The predicted molar refractivity (Wildman–Crippen MR) is 162 cm³/mol. The molecule has 42 heavy (non-hydrogen) atoms. The van der Waals surface area contributed by atoms with Crippen LogP contribution in [0.5, 0.6) is 5.75 Å². The molecule has 1 aliphatic rings. The molecule has 0 fully saturated rings. The van der Waals surface area contributed by atoms with E-state index in [4.69, 9.17) is 18.6 Å². The number of rotatable bonds is 13. The van der Waals surface area contributed by atoms with Gasteiger partial charge in [-0.25, -0.2) is 21.9 Å². The lowest BCUT2D eigenvalue weighted by Gasteiger charge is -2.29. The van der Waals surface area contributed by atoms with E-state index in [1.807, 2.05) is 6.92 Å². The van der Waals surface area contributed by atoms with Crippen LogP contribution >= 0.6 is 0 Å². The van der Waals surface area contributed by atoms with Crippen LogP contribution in [0.1, 0.15) is 28.6 Å². The van der Waals surface area contributed by atoms with Crippen LogP contribution in [0.3, 0.4) is 0 Å². The molecule has 3 aromatic rings. The van der Waals surface area contributed by atoms with Gasteiger partial charge >= 0.3 is 5.97 Å². The summed E-state index contributed by atoms with van der Waals surface area (Å²) in [5, 5.41) is 3.12. The van der Waals surface area contributed by atoms with E-state index in [1.165, 1.54) is 25.5 Å². The van der Waals surface area contributed by atoms with Crippen molar-refractivity contribution in [3.05, 3.63) is 71.4 Å². The molecule has 0 unspecified atom stereocenters. The van der Waals surface area contributed by atoms with Crippen LogP contribution in [-0.4, -0.2) is 56.0 Å². The van der Waals surface area contributed by atoms with Gasteiger partial charge in [0.05, 0.1) is 24.0 Å². The topological polar surface area (TPSA) is 107 Å². The fourth-order valence-electron chi connectivity index (χ4n) is 4.48. The van der Waals surface area contributed by atoms with Gasteiger partial charge < -0.3 is 23.9 Å². The van der Waals surface area contributed by atoms with Gasteiger partial charge in [-0.2, -0.15) is 0 Å². The number of halogens is 1. The van der Waals surface area contributed by atoms with Gasteiger partial charge in [0.1, 0.15) is 36.2 Å². The highest BCUT2D eigenvalue weighted by Gasteiger charge is 2.35. The van der Waals surface area contributed by atoms with Gasteiger partial charge in [-0.1, -0.05) is 38.7 Å². The molecule has 0 atom stereocenters. The van der Waals surface area contributed by atoms with Crippen LogP contribution < -0.4 is 14.4 Å². The normalized spacial score (nSPS) is 13.0. The summed E-state index contributed by atoms with van der Waals surface area (Å²) in [4.78, 5) is 13.1. The Bertz CT molecular complexity index is 1560. The number of carbonyl (C=O) groups excluding carboxylic acids is 1. The third kappa shape index (κ3) is 6.94. The molecule has 0 amide bonds. The lowest BCUT2D eigenvalue weighted by Crippen LogP contribution is -2.36. The molecule has 1 aliphatic heterocycles. The second-order valence-electron chi connectivity index (χ2n) is 11.0. The minimum absolute atomic E-state index is 0.0208. The van der Waals surface area contributed by atoms with Gasteiger partial charge in [-0.15, -0.1) is 0 Å². The quantitative estimate of drug-likeness (QED) is 0.110. The second kappa shape index (κ2) is 13.2. The van der Waals surface area contributed by atoms with Crippen LogP contribution in [0, 0.1) is 5.82 Å². The van der Waals surface area contributed by atoms with Gasteiger partial charge in [0.15, 0.2) is 0 Å². The highest BCUT2D eigenvalue weighted by Crippen LogP contribution is 2.45. The summed E-state index contributed by atoms with van der Waals surface area (Å²) in [6, 6.07) is 9.24. The highest BCUT2D eigenvalue weighted by molar-refractivity contribution is 7.93. The zero-order valence-corrected chi connectivity index (χ0v) is 26.3. The fraction of sp³-hybridized carbons (Fsp3) is 0.367. The summed E-state index contributed by atoms with van der Waals surface area (Å²) in [6.45, 7) is 9.71. The number of benzene rings is 2. The van der Waals surface area contributed by atoms with Crippen molar-refractivity contribution in [1.82, 2.24) is 5.32 Å². The number of anilines is 1. The maximum absolute atomic E-state index is 14.4. The summed E-state index contributed by atoms with van der Waals surface area (Å²) in [5.74, 6) is -0.588. The number of likely N-dealkylation sites (N-methyl/N-ethyl adjacent to an activating group) is 1. The van der Waals surface area contributed by atoms with E-state index in [1.54, 1.807) is 24.3 Å². The molecule has 0 bridgehead atoms. The van der Waals surface area contributed by atoms with E-state index in [9.17, 15) is 17.6 Å². The summed E-state index contributed by atoms with van der Waals surface area (Å²) in [6.07, 6.45) is 4.80. The lowest BCUT2D eigenvalue weighted by molar-refractivity contribution is 0.0595. The number of carbonyl (C=O) groups is 1. The lowest BCUT2D eigenvalue weighted by atomic mass is 9.98. The fourth-order valence-corrected chi connectivity index (χ4v) is 6.77. The Balaban J connectivity index is 1.86. The van der Waals surface area contributed by atoms with Crippen LogP contribution in [0.4, 0.5) is 10.1 Å². The van der Waals surface area contributed by atoms with Crippen LogP contribution in [0.25, 0.3) is 17.2 Å². The molecule has 4 rings (SSSR count). The Hall–Kier alpha value is -3.45. The Morgan fingerprint density at radius 2 is 1.95 bits per heavy atom. The SMILES string of the molecule is CCNC/C=C\c1cc(F)ccc1S(=O)(=O)N(COCC[Si](C)(C)C)c1ccc2c(c1C(=O)OC)OCc1occc1-2. The molecule has 2 aromatic carbocycles. The van der Waals surface area contributed by atoms with Crippen LogP contribution in [0.2, 0.25) is 25.7 Å². The van der Waals surface area contributed by atoms with Gasteiger partial charge in [-0.3, -0.25) is 0 Å². The van der Waals surface area contributed by atoms with Crippen molar-refractivity contribution in [1.29, 1.82) is 0 Å². The van der Waals surface area contributed by atoms with Crippen molar-refractivity contribution in [2.75, 3.05) is 37.8 Å². The maximum atomic E-state index is 14.4. The number of nitrogens with one attached hydrogen (secondary N) is 1. The summed E-state index contributed by atoms with van der Waals surface area (Å²) in [5.41, 5.74) is 1.43. The second-order valence-corrected chi connectivity index (χ2v) is 18.4. The van der Waals surface area contributed by atoms with Crippen LogP contribution in [-0.2, 0) is 26.1 Å². The molecule has 0 aliphatic carbocycles. The number of ether oxygens (including phenoxy) is 3. The minimum Gasteiger partial charge on any atom is -0.484 e. The third-order valence-electron chi connectivity index (χ3n) is 6.73. The molecule has 2 heterocycles. The first-order valence-corrected chi connectivity index (χ1v) is 18.8. The van der Waals surface area contributed by atoms with Gasteiger partial charge in [0.25, 0.3) is 10.0 Å². The van der Waals surface area contributed by atoms with Gasteiger partial charge in [0, 0.05) is 32.4 Å². The Morgan fingerprint density at radius 1 is 1.17 bits per heavy atom. The standard InChI is InChI=1S/C30H37FN2O7SSi/c1-6-32-14-7-8-21-18-22(31)9-12-27(21)41(35,36)33(20-38-16-17-42(3,4)5)25-11-10-24-23-13-15-39-26(23)19-40-29(24)28(25)30(34)37-2/h7-13,15,18,32H,6,14,16-17,19-20H2,1-5H3/b8-7-. The highest BCUT2D eigenvalue weighted by atomic mass is 32.2. The molecule has 0 saturated heterocycles. The Morgan fingerprint density at radius 3 is 2.67 bits per heavy atom. The monoisotopic (exact) mass is 616 g/mol. The molecule has 1 aromatic heterocycles. The summed E-state index contributed by atoms with van der Waals surface area (Å²) < 4.78 is 66.6. The smallest absolute Gasteiger partial charge is 0.343 e. The largest absolute Gasteiger partial charge is 0.484 e. The number of sulfonamides is 1. The first kappa shape index (κ1) is 31.5. The first-order chi connectivity index (χ1) is 20.0. The molecule has 0 saturated carbocycles. The van der Waals surface area contributed by atoms with E-state index in [0.29, 0.717) is 24.5 Å². The van der Waals surface area contributed by atoms with Crippen molar-refractivity contribution in [2.24, 2.45) is 0 Å². The van der Waals surface area contributed by atoms with Crippen molar-refractivity contribution in [3.8, 4) is 16.9 Å². The molecule has 0 radical (unpaired) electrons. The maximum Gasteiger partial charge on any atom is 0.343 e. The molecule has 9 nitrogen and oxygen atoms in total. The minimum atomic E-state index is -4.40.